The minimum atomic E-state index is 0.0270. The van der Waals surface area contributed by atoms with Gasteiger partial charge in [0.2, 0.25) is 0 Å². The predicted octanol–water partition coefficient (Wildman–Crippen LogP) is 6.19. The third-order valence-electron chi connectivity index (χ3n) is 5.21. The molecule has 2 N–H and O–H groups in total. The normalized spacial score (nSPS) is 12.1. The number of aromatic nitrogens is 2. The molecule has 0 amide bonds. The number of nitrogens with zero attached hydrogens (tertiary/aromatic N) is 1. The van der Waals surface area contributed by atoms with Crippen molar-refractivity contribution in [3.8, 4) is 11.1 Å². The van der Waals surface area contributed by atoms with Gasteiger partial charge in [-0.2, -0.15) is 0 Å². The van der Waals surface area contributed by atoms with Crippen molar-refractivity contribution in [1.82, 2.24) is 9.97 Å². The standard InChI is InChI=1S/C26H26N2O/c1-26(2,3)21-12-8-18(9-13-21)10-15-25-27-23-14-11-19(16-24(23)28-25)22-7-5-4-6-20(22)17-29/h4-16,29H,17H2,1-3H3,(H,27,28). The summed E-state index contributed by atoms with van der Waals surface area (Å²) < 4.78 is 0. The molecular formula is C26H26N2O. The van der Waals surface area contributed by atoms with Crippen molar-refractivity contribution in [3.05, 3.63) is 89.2 Å². The number of rotatable bonds is 4. The van der Waals surface area contributed by atoms with Crippen molar-refractivity contribution in [2.24, 2.45) is 0 Å². The maximum absolute atomic E-state index is 9.61. The van der Waals surface area contributed by atoms with Gasteiger partial charge in [0.1, 0.15) is 5.82 Å². The summed E-state index contributed by atoms with van der Waals surface area (Å²) in [6.45, 7) is 6.69. The number of aromatic amines is 1. The number of imidazole rings is 1. The van der Waals surface area contributed by atoms with E-state index in [1.165, 1.54) is 5.56 Å². The highest BCUT2D eigenvalue weighted by molar-refractivity contribution is 5.84. The summed E-state index contributed by atoms with van der Waals surface area (Å²) in [7, 11) is 0. The van der Waals surface area contributed by atoms with E-state index in [1.54, 1.807) is 0 Å². The first-order valence-electron chi connectivity index (χ1n) is 9.91. The first-order chi connectivity index (χ1) is 13.9. The molecule has 4 rings (SSSR count). The summed E-state index contributed by atoms with van der Waals surface area (Å²) >= 11 is 0. The van der Waals surface area contributed by atoms with Gasteiger partial charge in [-0.15, -0.1) is 0 Å². The Morgan fingerprint density at radius 1 is 0.931 bits per heavy atom. The topological polar surface area (TPSA) is 48.9 Å². The largest absolute Gasteiger partial charge is 0.392 e. The van der Waals surface area contributed by atoms with Gasteiger partial charge in [-0.25, -0.2) is 4.98 Å². The lowest BCUT2D eigenvalue weighted by molar-refractivity contribution is 0.282. The van der Waals surface area contributed by atoms with Gasteiger partial charge < -0.3 is 10.1 Å². The Morgan fingerprint density at radius 2 is 1.69 bits per heavy atom. The van der Waals surface area contributed by atoms with Crippen molar-refractivity contribution in [2.75, 3.05) is 0 Å². The van der Waals surface area contributed by atoms with Crippen LogP contribution in [0.5, 0.6) is 0 Å². The fourth-order valence-electron chi connectivity index (χ4n) is 3.49. The number of aliphatic hydroxyl groups is 1. The molecule has 0 bridgehead atoms. The smallest absolute Gasteiger partial charge is 0.131 e. The number of benzene rings is 3. The number of hydrogen-bond acceptors (Lipinski definition) is 2. The minimum absolute atomic E-state index is 0.0270. The molecule has 0 atom stereocenters. The SMILES string of the molecule is CC(C)(C)c1ccc(C=Cc2nc3ccc(-c4ccccc4CO)cc3[nH]2)cc1. The molecule has 0 fully saturated rings. The summed E-state index contributed by atoms with van der Waals surface area (Å²) in [4.78, 5) is 8.06. The van der Waals surface area contributed by atoms with Crippen molar-refractivity contribution in [1.29, 1.82) is 0 Å². The van der Waals surface area contributed by atoms with E-state index in [0.717, 1.165) is 39.1 Å². The van der Waals surface area contributed by atoms with Crippen LogP contribution in [0.1, 0.15) is 43.3 Å². The van der Waals surface area contributed by atoms with E-state index >= 15 is 0 Å². The van der Waals surface area contributed by atoms with Gasteiger partial charge in [-0.3, -0.25) is 0 Å². The molecule has 0 spiro atoms. The summed E-state index contributed by atoms with van der Waals surface area (Å²) in [5.41, 5.74) is 7.58. The Kier molecular flexibility index (Phi) is 5.08. The fourth-order valence-corrected chi connectivity index (χ4v) is 3.49. The van der Waals surface area contributed by atoms with E-state index in [2.05, 4.69) is 73.2 Å². The van der Waals surface area contributed by atoms with Gasteiger partial charge >= 0.3 is 0 Å². The first-order valence-corrected chi connectivity index (χ1v) is 9.91. The molecule has 3 aromatic carbocycles. The molecule has 29 heavy (non-hydrogen) atoms. The summed E-state index contributed by atoms with van der Waals surface area (Å²) in [5.74, 6) is 0.826. The molecule has 0 saturated carbocycles. The van der Waals surface area contributed by atoms with Gasteiger partial charge in [0.05, 0.1) is 17.6 Å². The molecule has 4 aromatic rings. The Bertz CT molecular complexity index is 1160. The summed E-state index contributed by atoms with van der Waals surface area (Å²) in [6.07, 6.45) is 4.08. The van der Waals surface area contributed by atoms with Crippen LogP contribution in [0, 0.1) is 0 Å². The van der Waals surface area contributed by atoms with E-state index < -0.39 is 0 Å². The highest BCUT2D eigenvalue weighted by atomic mass is 16.3. The molecular weight excluding hydrogens is 356 g/mol. The van der Waals surface area contributed by atoms with E-state index in [-0.39, 0.29) is 12.0 Å². The third kappa shape index (κ3) is 4.15. The predicted molar refractivity (Wildman–Crippen MR) is 122 cm³/mol. The number of fused-ring (bicyclic) bond motifs is 1. The Hall–Kier alpha value is -3.17. The zero-order chi connectivity index (χ0) is 20.4. The van der Waals surface area contributed by atoms with Crippen LogP contribution in [0.2, 0.25) is 0 Å². The molecule has 0 unspecified atom stereocenters. The first kappa shape index (κ1) is 19.2. The Labute approximate surface area is 171 Å². The van der Waals surface area contributed by atoms with Crippen LogP contribution in [0.15, 0.2) is 66.7 Å². The molecule has 0 aliphatic rings. The molecule has 3 nitrogen and oxygen atoms in total. The van der Waals surface area contributed by atoms with Crippen LogP contribution in [-0.2, 0) is 12.0 Å². The number of nitrogens with one attached hydrogen (secondary N) is 1. The van der Waals surface area contributed by atoms with E-state index in [4.69, 9.17) is 0 Å². The van der Waals surface area contributed by atoms with E-state index in [1.807, 2.05) is 36.4 Å². The highest BCUT2D eigenvalue weighted by Gasteiger charge is 2.12. The molecule has 3 heteroatoms. The maximum Gasteiger partial charge on any atom is 0.131 e. The number of H-pyrrole nitrogens is 1. The fraction of sp³-hybridized carbons (Fsp3) is 0.192. The van der Waals surface area contributed by atoms with Crippen LogP contribution in [0.25, 0.3) is 34.3 Å². The van der Waals surface area contributed by atoms with Gasteiger partial charge in [-0.05, 0) is 51.4 Å². The van der Waals surface area contributed by atoms with Crippen LogP contribution < -0.4 is 0 Å². The summed E-state index contributed by atoms with van der Waals surface area (Å²) in [6, 6.07) is 22.7. The second kappa shape index (κ2) is 7.69. The lowest BCUT2D eigenvalue weighted by atomic mass is 9.87. The molecule has 0 aliphatic heterocycles. The van der Waals surface area contributed by atoms with Crippen LogP contribution in [-0.4, -0.2) is 15.1 Å². The Morgan fingerprint density at radius 3 is 2.41 bits per heavy atom. The van der Waals surface area contributed by atoms with Crippen molar-refractivity contribution in [3.63, 3.8) is 0 Å². The number of hydrogen-bond donors (Lipinski definition) is 2. The second-order valence-electron chi connectivity index (χ2n) is 8.37. The third-order valence-corrected chi connectivity index (χ3v) is 5.21. The Balaban J connectivity index is 1.60. The second-order valence-corrected chi connectivity index (χ2v) is 8.37. The monoisotopic (exact) mass is 382 g/mol. The maximum atomic E-state index is 9.61. The van der Waals surface area contributed by atoms with Gasteiger partial charge in [0.15, 0.2) is 0 Å². The van der Waals surface area contributed by atoms with Crippen molar-refractivity contribution >= 4 is 23.2 Å². The molecule has 1 aromatic heterocycles. The average Bonchev–Trinajstić information content (AvgIpc) is 3.14. The molecule has 1 heterocycles. The lowest BCUT2D eigenvalue weighted by Gasteiger charge is -2.18. The molecule has 0 aliphatic carbocycles. The van der Waals surface area contributed by atoms with Crippen LogP contribution in [0.4, 0.5) is 0 Å². The lowest BCUT2D eigenvalue weighted by Crippen LogP contribution is -2.10. The minimum Gasteiger partial charge on any atom is -0.392 e. The van der Waals surface area contributed by atoms with Crippen molar-refractivity contribution < 1.29 is 5.11 Å². The highest BCUT2D eigenvalue weighted by Crippen LogP contribution is 2.27. The van der Waals surface area contributed by atoms with Crippen LogP contribution in [0.3, 0.4) is 0 Å². The number of aliphatic hydroxyl groups excluding tert-OH is 1. The zero-order valence-corrected chi connectivity index (χ0v) is 17.1. The van der Waals surface area contributed by atoms with E-state index in [9.17, 15) is 5.11 Å². The van der Waals surface area contributed by atoms with Crippen molar-refractivity contribution in [2.45, 2.75) is 32.8 Å². The summed E-state index contributed by atoms with van der Waals surface area (Å²) in [5, 5.41) is 9.61. The average molecular weight is 383 g/mol. The molecule has 0 saturated heterocycles. The van der Waals surface area contributed by atoms with Gasteiger partial charge in [0.25, 0.3) is 0 Å². The molecule has 0 radical (unpaired) electrons. The zero-order valence-electron chi connectivity index (χ0n) is 17.1. The van der Waals surface area contributed by atoms with Crippen LogP contribution >= 0.6 is 0 Å². The molecule has 146 valence electrons. The van der Waals surface area contributed by atoms with Gasteiger partial charge in [-0.1, -0.05) is 81.4 Å². The van der Waals surface area contributed by atoms with E-state index in [0.29, 0.717) is 0 Å². The van der Waals surface area contributed by atoms with Gasteiger partial charge in [0, 0.05) is 0 Å². The quantitative estimate of drug-likeness (QED) is 0.442.